The first-order valence-corrected chi connectivity index (χ1v) is 6.52. The van der Waals surface area contributed by atoms with Crippen molar-refractivity contribution in [1.29, 1.82) is 0 Å². The largest absolute Gasteiger partial charge is 0.465 e. The molecule has 7 heteroatoms. The minimum absolute atomic E-state index is 0.0651. The van der Waals surface area contributed by atoms with E-state index in [2.05, 4.69) is 15.4 Å². The van der Waals surface area contributed by atoms with Gasteiger partial charge in [0.2, 0.25) is 0 Å². The van der Waals surface area contributed by atoms with Gasteiger partial charge in [0.25, 0.3) is 0 Å². The average Bonchev–Trinajstić information content (AvgIpc) is 2.78. The van der Waals surface area contributed by atoms with E-state index < -0.39 is 11.4 Å². The first-order chi connectivity index (χ1) is 9.08. The zero-order valence-corrected chi connectivity index (χ0v) is 11.3. The number of aromatic nitrogens is 4. The summed E-state index contributed by atoms with van der Waals surface area (Å²) in [5.74, 6) is -0.109. The predicted molar refractivity (Wildman–Crippen MR) is 65.0 cm³/mol. The Morgan fingerprint density at radius 2 is 2.26 bits per heavy atom. The normalized spacial score (nSPS) is 23.4. The molecule has 1 aliphatic rings. The standard InChI is InChI=1S/C12H18N4O3/c1-3-19-11(18)12(7-5-4-6-9(12)17)8-10-13-15-16(2)14-10/h3-8H2,1-2H3. The Hall–Kier alpha value is -1.79. The molecule has 7 nitrogen and oxygen atoms in total. The van der Waals surface area contributed by atoms with Gasteiger partial charge in [-0.3, -0.25) is 9.59 Å². The Bertz CT molecular complexity index is 485. The number of carbonyl (C=O) groups excluding carboxylic acids is 2. The topological polar surface area (TPSA) is 87.0 Å². The molecule has 1 heterocycles. The zero-order valence-electron chi connectivity index (χ0n) is 11.3. The molecule has 0 bridgehead atoms. The molecular weight excluding hydrogens is 248 g/mol. The number of aryl methyl sites for hydroxylation is 1. The predicted octanol–water partition coefficient (Wildman–Crippen LogP) is 0.445. The summed E-state index contributed by atoms with van der Waals surface area (Å²) in [6, 6.07) is 0. The molecule has 1 aliphatic carbocycles. The van der Waals surface area contributed by atoms with Gasteiger partial charge in [-0.1, -0.05) is 6.42 Å². The lowest BCUT2D eigenvalue weighted by Gasteiger charge is -2.32. The van der Waals surface area contributed by atoms with E-state index in [0.29, 0.717) is 18.7 Å². The Morgan fingerprint density at radius 3 is 2.84 bits per heavy atom. The van der Waals surface area contributed by atoms with Crippen LogP contribution in [0, 0.1) is 5.41 Å². The molecule has 1 aromatic heterocycles. The van der Waals surface area contributed by atoms with Crippen molar-refractivity contribution in [3.63, 3.8) is 0 Å². The highest BCUT2D eigenvalue weighted by Gasteiger charge is 2.48. The van der Waals surface area contributed by atoms with E-state index in [9.17, 15) is 9.59 Å². The maximum absolute atomic E-state index is 12.3. The number of esters is 1. The maximum atomic E-state index is 12.3. The first kappa shape index (κ1) is 13.6. The fourth-order valence-electron chi connectivity index (χ4n) is 2.50. The fraction of sp³-hybridized carbons (Fsp3) is 0.750. The summed E-state index contributed by atoms with van der Waals surface area (Å²) in [7, 11) is 1.65. The van der Waals surface area contributed by atoms with Gasteiger partial charge in [-0.15, -0.1) is 10.2 Å². The van der Waals surface area contributed by atoms with E-state index in [1.807, 2.05) is 0 Å². The van der Waals surface area contributed by atoms with Crippen LogP contribution in [-0.4, -0.2) is 38.6 Å². The third-order valence-electron chi connectivity index (χ3n) is 3.47. The highest BCUT2D eigenvalue weighted by atomic mass is 16.5. The number of nitrogens with zero attached hydrogens (tertiary/aromatic N) is 4. The lowest BCUT2D eigenvalue weighted by molar-refractivity contribution is -0.162. The van der Waals surface area contributed by atoms with Crippen molar-refractivity contribution in [3.8, 4) is 0 Å². The van der Waals surface area contributed by atoms with Gasteiger partial charge >= 0.3 is 5.97 Å². The van der Waals surface area contributed by atoms with Crippen molar-refractivity contribution in [1.82, 2.24) is 20.2 Å². The summed E-state index contributed by atoms with van der Waals surface area (Å²) in [6.45, 7) is 2.00. The van der Waals surface area contributed by atoms with Crippen LogP contribution < -0.4 is 0 Å². The van der Waals surface area contributed by atoms with Gasteiger partial charge in [0.1, 0.15) is 5.41 Å². The van der Waals surface area contributed by atoms with Crippen LogP contribution in [0.15, 0.2) is 0 Å². The summed E-state index contributed by atoms with van der Waals surface area (Å²) < 4.78 is 5.09. The molecule has 0 aliphatic heterocycles. The third kappa shape index (κ3) is 2.64. The molecule has 19 heavy (non-hydrogen) atoms. The summed E-state index contributed by atoms with van der Waals surface area (Å²) in [6.07, 6.45) is 2.76. The number of ketones is 1. The molecule has 1 unspecified atom stereocenters. The number of hydrogen-bond donors (Lipinski definition) is 0. The number of ether oxygens (including phenoxy) is 1. The number of Topliss-reactive ketones (excluding diaryl/α,β-unsaturated/α-hetero) is 1. The van der Waals surface area contributed by atoms with Gasteiger partial charge in [-0.25, -0.2) is 0 Å². The van der Waals surface area contributed by atoms with Crippen molar-refractivity contribution in [2.24, 2.45) is 12.5 Å². The second kappa shape index (κ2) is 5.46. The summed E-state index contributed by atoms with van der Waals surface area (Å²) in [5, 5.41) is 11.7. The van der Waals surface area contributed by atoms with Crippen LogP contribution in [0.5, 0.6) is 0 Å². The van der Waals surface area contributed by atoms with Gasteiger partial charge in [0, 0.05) is 12.8 Å². The lowest BCUT2D eigenvalue weighted by Crippen LogP contribution is -2.45. The number of carbonyl (C=O) groups is 2. The fourth-order valence-corrected chi connectivity index (χ4v) is 2.50. The van der Waals surface area contributed by atoms with E-state index in [1.54, 1.807) is 14.0 Å². The zero-order chi connectivity index (χ0) is 13.9. The molecule has 0 saturated heterocycles. The van der Waals surface area contributed by atoms with Gasteiger partial charge < -0.3 is 4.74 Å². The van der Waals surface area contributed by atoms with Crippen LogP contribution in [0.3, 0.4) is 0 Å². The SMILES string of the molecule is CCOC(=O)C1(Cc2nnn(C)n2)CCCCC1=O. The highest BCUT2D eigenvalue weighted by molar-refractivity contribution is 6.04. The van der Waals surface area contributed by atoms with Crippen LogP contribution in [0.25, 0.3) is 0 Å². The monoisotopic (exact) mass is 266 g/mol. The maximum Gasteiger partial charge on any atom is 0.320 e. The average molecular weight is 266 g/mol. The van der Waals surface area contributed by atoms with E-state index in [-0.39, 0.29) is 18.8 Å². The second-order valence-electron chi connectivity index (χ2n) is 4.80. The Balaban J connectivity index is 2.27. The van der Waals surface area contributed by atoms with Gasteiger partial charge in [0.05, 0.1) is 13.7 Å². The second-order valence-corrected chi connectivity index (χ2v) is 4.80. The van der Waals surface area contributed by atoms with E-state index in [0.717, 1.165) is 12.8 Å². The molecule has 1 atom stereocenters. The van der Waals surface area contributed by atoms with Crippen molar-refractivity contribution < 1.29 is 14.3 Å². The Kier molecular flexibility index (Phi) is 3.92. The van der Waals surface area contributed by atoms with Crippen LogP contribution >= 0.6 is 0 Å². The molecule has 1 aromatic rings. The molecule has 0 aromatic carbocycles. The van der Waals surface area contributed by atoms with E-state index in [1.165, 1.54) is 4.80 Å². The summed E-state index contributed by atoms with van der Waals surface area (Å²) in [4.78, 5) is 25.8. The Labute approximate surface area is 111 Å². The number of tetrazole rings is 1. The Morgan fingerprint density at radius 1 is 1.47 bits per heavy atom. The molecule has 1 fully saturated rings. The van der Waals surface area contributed by atoms with E-state index in [4.69, 9.17) is 4.74 Å². The molecule has 1 saturated carbocycles. The van der Waals surface area contributed by atoms with Crippen LogP contribution in [0.4, 0.5) is 0 Å². The van der Waals surface area contributed by atoms with E-state index >= 15 is 0 Å². The quantitative estimate of drug-likeness (QED) is 0.580. The molecule has 0 radical (unpaired) electrons. The van der Waals surface area contributed by atoms with Gasteiger partial charge in [0.15, 0.2) is 11.6 Å². The molecule has 0 amide bonds. The number of rotatable bonds is 4. The lowest BCUT2D eigenvalue weighted by atomic mass is 9.70. The minimum Gasteiger partial charge on any atom is -0.465 e. The molecule has 104 valence electrons. The highest BCUT2D eigenvalue weighted by Crippen LogP contribution is 2.37. The van der Waals surface area contributed by atoms with Crippen molar-refractivity contribution in [2.75, 3.05) is 6.61 Å². The smallest absolute Gasteiger partial charge is 0.320 e. The van der Waals surface area contributed by atoms with Gasteiger partial charge in [-0.2, -0.15) is 4.80 Å². The minimum atomic E-state index is -1.11. The number of hydrogen-bond acceptors (Lipinski definition) is 6. The molecular formula is C12H18N4O3. The summed E-state index contributed by atoms with van der Waals surface area (Å²) in [5.41, 5.74) is -1.11. The first-order valence-electron chi connectivity index (χ1n) is 6.52. The van der Waals surface area contributed by atoms with Crippen molar-refractivity contribution >= 4 is 11.8 Å². The van der Waals surface area contributed by atoms with Crippen molar-refractivity contribution in [3.05, 3.63) is 5.82 Å². The molecule has 0 spiro atoms. The summed E-state index contributed by atoms with van der Waals surface area (Å²) >= 11 is 0. The van der Waals surface area contributed by atoms with Crippen LogP contribution in [0.1, 0.15) is 38.4 Å². The molecule has 2 rings (SSSR count). The van der Waals surface area contributed by atoms with Gasteiger partial charge in [-0.05, 0) is 25.0 Å². The third-order valence-corrected chi connectivity index (χ3v) is 3.47. The molecule has 0 N–H and O–H groups in total. The van der Waals surface area contributed by atoms with Crippen molar-refractivity contribution in [2.45, 2.75) is 39.0 Å². The van der Waals surface area contributed by atoms with Crippen LogP contribution in [-0.2, 0) is 27.8 Å². The van der Waals surface area contributed by atoms with Crippen LogP contribution in [0.2, 0.25) is 0 Å².